The zero-order valence-corrected chi connectivity index (χ0v) is 14.8. The molecule has 0 spiro atoms. The summed E-state index contributed by atoms with van der Waals surface area (Å²) in [5.74, 6) is -1.16. The van der Waals surface area contributed by atoms with E-state index in [9.17, 15) is 14.4 Å². The lowest BCUT2D eigenvalue weighted by atomic mass is 9.95. The van der Waals surface area contributed by atoms with Crippen LogP contribution in [0.25, 0.3) is 0 Å². The molecule has 0 aromatic heterocycles. The number of amides is 2. The van der Waals surface area contributed by atoms with Crippen molar-refractivity contribution in [3.05, 3.63) is 65.7 Å². The van der Waals surface area contributed by atoms with Gasteiger partial charge in [-0.1, -0.05) is 48.0 Å². The highest BCUT2D eigenvalue weighted by Crippen LogP contribution is 2.20. The van der Waals surface area contributed by atoms with Gasteiger partial charge in [-0.2, -0.15) is 0 Å². The van der Waals surface area contributed by atoms with Gasteiger partial charge in [0.2, 0.25) is 11.7 Å². The van der Waals surface area contributed by atoms with Crippen molar-refractivity contribution in [1.82, 2.24) is 4.90 Å². The molecule has 0 saturated carbocycles. The predicted molar refractivity (Wildman–Crippen MR) is 99.9 cm³/mol. The molecule has 0 bridgehead atoms. The summed E-state index contributed by atoms with van der Waals surface area (Å²) in [4.78, 5) is 38.7. The molecule has 134 valence electrons. The van der Waals surface area contributed by atoms with Crippen LogP contribution in [0.5, 0.6) is 0 Å². The first-order chi connectivity index (χ1) is 12.5. The van der Waals surface area contributed by atoms with Crippen LogP contribution in [0.3, 0.4) is 0 Å². The standard InChI is InChI=1S/C21H22N2O3/c1-15-7-9-16(10-8-15)19(24)21(26)23-13-11-17(12-14-23)20(25)22-18-5-3-2-4-6-18/h2-10,17H,11-14H2,1H3,(H,22,25). The molecule has 0 atom stereocenters. The number of Topliss-reactive ketones (excluding diaryl/α,β-unsaturated/α-hetero) is 1. The number of carbonyl (C=O) groups is 3. The van der Waals surface area contributed by atoms with Gasteiger partial charge in [0.15, 0.2) is 0 Å². The Kier molecular flexibility index (Phi) is 5.46. The van der Waals surface area contributed by atoms with E-state index in [1.807, 2.05) is 49.4 Å². The zero-order valence-electron chi connectivity index (χ0n) is 14.8. The lowest BCUT2D eigenvalue weighted by Gasteiger charge is -2.30. The van der Waals surface area contributed by atoms with E-state index in [-0.39, 0.29) is 11.8 Å². The fraction of sp³-hybridized carbons (Fsp3) is 0.286. The summed E-state index contributed by atoms with van der Waals surface area (Å²) < 4.78 is 0. The topological polar surface area (TPSA) is 66.5 Å². The van der Waals surface area contributed by atoms with Gasteiger partial charge in [-0.25, -0.2) is 0 Å². The molecule has 2 amide bonds. The number of nitrogens with zero attached hydrogens (tertiary/aromatic N) is 1. The van der Waals surface area contributed by atoms with Gasteiger partial charge in [-0.15, -0.1) is 0 Å². The summed E-state index contributed by atoms with van der Waals surface area (Å²) in [5.41, 5.74) is 2.22. The molecule has 26 heavy (non-hydrogen) atoms. The lowest BCUT2D eigenvalue weighted by molar-refractivity contribution is -0.130. The Labute approximate surface area is 153 Å². The van der Waals surface area contributed by atoms with Gasteiger partial charge in [0.25, 0.3) is 5.91 Å². The summed E-state index contributed by atoms with van der Waals surface area (Å²) in [6.45, 7) is 2.77. The number of anilines is 1. The van der Waals surface area contributed by atoms with Crippen molar-refractivity contribution >= 4 is 23.3 Å². The molecule has 1 N–H and O–H groups in total. The molecule has 1 heterocycles. The molecule has 0 radical (unpaired) electrons. The maximum Gasteiger partial charge on any atom is 0.294 e. The fourth-order valence-electron chi connectivity index (χ4n) is 3.08. The number of ketones is 1. The van der Waals surface area contributed by atoms with Crippen molar-refractivity contribution in [2.24, 2.45) is 5.92 Å². The SMILES string of the molecule is Cc1ccc(C(=O)C(=O)N2CCC(C(=O)Nc3ccccc3)CC2)cc1. The summed E-state index contributed by atoms with van der Waals surface area (Å²) in [6.07, 6.45) is 1.12. The number of rotatable bonds is 4. The quantitative estimate of drug-likeness (QED) is 0.681. The van der Waals surface area contributed by atoms with Gasteiger partial charge in [0.05, 0.1) is 0 Å². The van der Waals surface area contributed by atoms with Crippen LogP contribution in [0, 0.1) is 12.8 Å². The van der Waals surface area contributed by atoms with E-state index in [0.717, 1.165) is 11.3 Å². The van der Waals surface area contributed by atoms with E-state index in [4.69, 9.17) is 0 Å². The van der Waals surface area contributed by atoms with Crippen LogP contribution in [0.2, 0.25) is 0 Å². The van der Waals surface area contributed by atoms with Crippen molar-refractivity contribution in [3.8, 4) is 0 Å². The van der Waals surface area contributed by atoms with Gasteiger partial charge in [0, 0.05) is 30.3 Å². The normalized spacial score (nSPS) is 14.7. The van der Waals surface area contributed by atoms with Crippen LogP contribution in [0.15, 0.2) is 54.6 Å². The summed E-state index contributed by atoms with van der Waals surface area (Å²) in [6, 6.07) is 16.3. The first-order valence-corrected chi connectivity index (χ1v) is 8.81. The maximum absolute atomic E-state index is 12.4. The van der Waals surface area contributed by atoms with Gasteiger partial charge < -0.3 is 10.2 Å². The van der Waals surface area contributed by atoms with Crippen molar-refractivity contribution in [2.45, 2.75) is 19.8 Å². The smallest absolute Gasteiger partial charge is 0.294 e. The van der Waals surface area contributed by atoms with Crippen molar-refractivity contribution in [2.75, 3.05) is 18.4 Å². The number of carbonyl (C=O) groups excluding carboxylic acids is 3. The Balaban J connectivity index is 1.54. The van der Waals surface area contributed by atoms with Gasteiger partial charge >= 0.3 is 0 Å². The van der Waals surface area contributed by atoms with Gasteiger partial charge in [-0.05, 0) is 31.9 Å². The molecular formula is C21H22N2O3. The molecule has 1 fully saturated rings. The number of nitrogens with one attached hydrogen (secondary N) is 1. The predicted octanol–water partition coefficient (Wildman–Crippen LogP) is 3.06. The number of para-hydroxylation sites is 1. The van der Waals surface area contributed by atoms with Crippen molar-refractivity contribution < 1.29 is 14.4 Å². The van der Waals surface area contributed by atoms with Crippen LogP contribution < -0.4 is 5.32 Å². The van der Waals surface area contributed by atoms with Crippen LogP contribution in [0.4, 0.5) is 5.69 Å². The third-order valence-electron chi connectivity index (χ3n) is 4.70. The van der Waals surface area contributed by atoms with E-state index < -0.39 is 11.7 Å². The Hall–Kier alpha value is -2.95. The highest BCUT2D eigenvalue weighted by atomic mass is 16.2. The van der Waals surface area contributed by atoms with Crippen molar-refractivity contribution in [3.63, 3.8) is 0 Å². The summed E-state index contributed by atoms with van der Waals surface area (Å²) in [7, 11) is 0. The molecule has 3 rings (SSSR count). The molecule has 2 aromatic carbocycles. The minimum Gasteiger partial charge on any atom is -0.336 e. The van der Waals surface area contributed by atoms with Gasteiger partial charge in [-0.3, -0.25) is 14.4 Å². The fourth-order valence-corrected chi connectivity index (χ4v) is 3.08. The highest BCUT2D eigenvalue weighted by molar-refractivity contribution is 6.42. The van der Waals surface area contributed by atoms with Crippen LogP contribution in [0.1, 0.15) is 28.8 Å². The highest BCUT2D eigenvalue weighted by Gasteiger charge is 2.30. The van der Waals surface area contributed by atoms with Gasteiger partial charge in [0.1, 0.15) is 0 Å². The second-order valence-corrected chi connectivity index (χ2v) is 6.62. The minimum atomic E-state index is -0.490. The number of piperidine rings is 1. The molecule has 2 aromatic rings. The molecule has 0 aliphatic carbocycles. The van der Waals surface area contributed by atoms with Crippen LogP contribution >= 0.6 is 0 Å². The Morgan fingerprint density at radius 3 is 2.15 bits per heavy atom. The number of aryl methyl sites for hydroxylation is 1. The van der Waals surface area contributed by atoms with Crippen LogP contribution in [-0.2, 0) is 9.59 Å². The van der Waals surface area contributed by atoms with Crippen LogP contribution in [-0.4, -0.2) is 35.6 Å². The monoisotopic (exact) mass is 350 g/mol. The third kappa shape index (κ3) is 4.17. The van der Waals surface area contributed by atoms with E-state index >= 15 is 0 Å². The molecule has 5 heteroatoms. The molecule has 1 saturated heterocycles. The average molecular weight is 350 g/mol. The number of hydrogen-bond acceptors (Lipinski definition) is 3. The Morgan fingerprint density at radius 1 is 0.923 bits per heavy atom. The minimum absolute atomic E-state index is 0.0341. The molecular weight excluding hydrogens is 328 g/mol. The zero-order chi connectivity index (χ0) is 18.5. The number of hydrogen-bond donors (Lipinski definition) is 1. The average Bonchev–Trinajstić information content (AvgIpc) is 2.68. The third-order valence-corrected chi connectivity index (χ3v) is 4.70. The summed E-state index contributed by atoms with van der Waals surface area (Å²) in [5, 5.41) is 2.90. The first-order valence-electron chi connectivity index (χ1n) is 8.81. The first kappa shape index (κ1) is 17.9. The molecule has 5 nitrogen and oxygen atoms in total. The summed E-state index contributed by atoms with van der Waals surface area (Å²) >= 11 is 0. The van der Waals surface area contributed by atoms with E-state index in [1.54, 1.807) is 17.0 Å². The largest absolute Gasteiger partial charge is 0.336 e. The van der Waals surface area contributed by atoms with Crippen molar-refractivity contribution in [1.29, 1.82) is 0 Å². The van der Waals surface area contributed by atoms with E-state index in [1.165, 1.54) is 0 Å². The van der Waals surface area contributed by atoms with E-state index in [2.05, 4.69) is 5.32 Å². The van der Waals surface area contributed by atoms with E-state index in [0.29, 0.717) is 31.5 Å². The maximum atomic E-state index is 12.4. The molecule has 1 aliphatic heterocycles. The second-order valence-electron chi connectivity index (χ2n) is 6.62. The number of benzene rings is 2. The Morgan fingerprint density at radius 2 is 1.54 bits per heavy atom. The molecule has 0 unspecified atom stereocenters. The number of likely N-dealkylation sites (tertiary alicyclic amines) is 1. The molecule has 1 aliphatic rings. The Bertz CT molecular complexity index is 792. The second kappa shape index (κ2) is 7.95. The lowest BCUT2D eigenvalue weighted by Crippen LogP contribution is -2.44.